The molecule has 0 fully saturated rings. The normalized spacial score (nSPS) is 12.7. The van der Waals surface area contributed by atoms with E-state index in [-0.39, 0.29) is 23.0 Å². The number of carbonyl (C=O) groups is 2. The Morgan fingerprint density at radius 1 is 0.805 bits per heavy atom. The molecule has 6 nitrogen and oxygen atoms in total. The van der Waals surface area contributed by atoms with E-state index in [2.05, 4.69) is 12.1 Å². The minimum atomic E-state index is -0.175. The lowest BCUT2D eigenvalue weighted by Crippen LogP contribution is -2.36. The van der Waals surface area contributed by atoms with Crippen molar-refractivity contribution in [2.45, 2.75) is 31.1 Å². The van der Waals surface area contributed by atoms with Gasteiger partial charge in [-0.05, 0) is 47.7 Å². The molecule has 41 heavy (non-hydrogen) atoms. The second kappa shape index (κ2) is 11.9. The fraction of sp³-hybridized carbons (Fsp3) is 0.176. The van der Waals surface area contributed by atoms with Crippen molar-refractivity contribution in [3.63, 3.8) is 0 Å². The monoisotopic (exact) mass is 559 g/mol. The molecule has 6 rings (SSSR count). The summed E-state index contributed by atoms with van der Waals surface area (Å²) in [4.78, 5) is 46.8. The molecule has 1 aromatic heterocycles. The molecule has 0 unspecified atom stereocenters. The highest BCUT2D eigenvalue weighted by Crippen LogP contribution is 2.24. The highest BCUT2D eigenvalue weighted by Gasteiger charge is 2.23. The number of carbonyl (C=O) groups excluding carboxylic acids is 2. The molecular formula is C34H29N3O3S. The summed E-state index contributed by atoms with van der Waals surface area (Å²) in [6.07, 6.45) is 1.47. The van der Waals surface area contributed by atoms with Crippen LogP contribution in [0.25, 0.3) is 10.9 Å². The van der Waals surface area contributed by atoms with Crippen LogP contribution in [0.4, 0.5) is 0 Å². The Hall–Kier alpha value is -4.49. The molecule has 0 N–H and O–H groups in total. The standard InChI is InChI=1S/C34H29N3O3S/c38-31(26-12-5-2-6-13-26)23-41-34-35-30-21-27(32(39)36-19-18-25-11-7-8-14-28(25)22-36)15-16-29(30)33(40)37(34)20-17-24-9-3-1-4-10-24/h1-16,21H,17-20,22-23H2. The van der Waals surface area contributed by atoms with E-state index in [1.165, 1.54) is 17.3 Å². The van der Waals surface area contributed by atoms with Crippen molar-refractivity contribution in [2.24, 2.45) is 0 Å². The van der Waals surface area contributed by atoms with Crippen LogP contribution in [0.3, 0.4) is 0 Å². The number of fused-ring (bicyclic) bond motifs is 2. The SMILES string of the molecule is O=C(CSc1nc2cc(C(=O)N3CCc4ccccc4C3)ccc2c(=O)n1CCc1ccccc1)c1ccccc1. The smallest absolute Gasteiger partial charge is 0.262 e. The van der Waals surface area contributed by atoms with Gasteiger partial charge in [0.1, 0.15) is 0 Å². The Labute approximate surface area is 242 Å². The maximum Gasteiger partial charge on any atom is 0.262 e. The van der Waals surface area contributed by atoms with Crippen LogP contribution in [0.5, 0.6) is 0 Å². The van der Waals surface area contributed by atoms with E-state index in [0.29, 0.717) is 53.2 Å². The molecule has 2 heterocycles. The predicted molar refractivity (Wildman–Crippen MR) is 163 cm³/mol. The van der Waals surface area contributed by atoms with Gasteiger partial charge in [0, 0.05) is 30.8 Å². The van der Waals surface area contributed by atoms with Gasteiger partial charge in [0.15, 0.2) is 10.9 Å². The van der Waals surface area contributed by atoms with E-state index in [0.717, 1.165) is 17.5 Å². The summed E-state index contributed by atoms with van der Waals surface area (Å²) < 4.78 is 1.65. The number of rotatable bonds is 8. The van der Waals surface area contributed by atoms with Crippen molar-refractivity contribution in [3.8, 4) is 0 Å². The number of Topliss-reactive ketones (excluding diaryl/α,β-unsaturated/α-hetero) is 1. The zero-order valence-corrected chi connectivity index (χ0v) is 23.3. The molecular weight excluding hydrogens is 530 g/mol. The van der Waals surface area contributed by atoms with E-state index in [1.807, 2.05) is 65.6 Å². The van der Waals surface area contributed by atoms with E-state index in [1.54, 1.807) is 34.9 Å². The number of aromatic nitrogens is 2. The summed E-state index contributed by atoms with van der Waals surface area (Å²) in [6, 6.07) is 32.4. The third-order valence-electron chi connectivity index (χ3n) is 7.48. The maximum absolute atomic E-state index is 13.7. The summed E-state index contributed by atoms with van der Waals surface area (Å²) >= 11 is 1.26. The molecule has 5 aromatic rings. The Morgan fingerprint density at radius 3 is 2.29 bits per heavy atom. The van der Waals surface area contributed by atoms with Gasteiger partial charge in [-0.3, -0.25) is 19.0 Å². The van der Waals surface area contributed by atoms with Crippen molar-refractivity contribution < 1.29 is 9.59 Å². The summed E-state index contributed by atoms with van der Waals surface area (Å²) in [6.45, 7) is 1.64. The molecule has 0 aliphatic carbocycles. The third kappa shape index (κ3) is 5.86. The van der Waals surface area contributed by atoms with Crippen molar-refractivity contribution in [1.82, 2.24) is 14.5 Å². The Morgan fingerprint density at radius 2 is 1.51 bits per heavy atom. The van der Waals surface area contributed by atoms with Crippen LogP contribution in [-0.4, -0.2) is 38.4 Å². The fourth-order valence-electron chi connectivity index (χ4n) is 5.22. The Kier molecular flexibility index (Phi) is 7.78. The van der Waals surface area contributed by atoms with E-state index < -0.39 is 0 Å². The van der Waals surface area contributed by atoms with Crippen molar-refractivity contribution in [3.05, 3.63) is 141 Å². The number of nitrogens with zero attached hydrogens (tertiary/aromatic N) is 3. The molecule has 0 saturated carbocycles. The summed E-state index contributed by atoms with van der Waals surface area (Å²) in [5.74, 6) is 0.0397. The van der Waals surface area contributed by atoms with Crippen molar-refractivity contribution in [1.29, 1.82) is 0 Å². The van der Waals surface area contributed by atoms with E-state index >= 15 is 0 Å². The van der Waals surface area contributed by atoms with Gasteiger partial charge >= 0.3 is 0 Å². The molecule has 0 spiro atoms. The lowest BCUT2D eigenvalue weighted by molar-refractivity contribution is 0.0734. The zero-order chi connectivity index (χ0) is 28.2. The van der Waals surface area contributed by atoms with Gasteiger partial charge in [0.05, 0.1) is 16.7 Å². The fourth-order valence-corrected chi connectivity index (χ4v) is 6.14. The summed E-state index contributed by atoms with van der Waals surface area (Å²) in [7, 11) is 0. The molecule has 4 aromatic carbocycles. The van der Waals surface area contributed by atoms with Gasteiger partial charge in [0.25, 0.3) is 11.5 Å². The average Bonchev–Trinajstić information content (AvgIpc) is 3.03. The molecule has 0 radical (unpaired) electrons. The highest BCUT2D eigenvalue weighted by molar-refractivity contribution is 7.99. The first-order valence-electron chi connectivity index (χ1n) is 13.7. The number of thioether (sulfide) groups is 1. The quantitative estimate of drug-likeness (QED) is 0.136. The third-order valence-corrected chi connectivity index (χ3v) is 8.46. The van der Waals surface area contributed by atoms with Crippen molar-refractivity contribution in [2.75, 3.05) is 12.3 Å². The van der Waals surface area contributed by atoms with Crippen LogP contribution in [0, 0.1) is 0 Å². The van der Waals surface area contributed by atoms with Gasteiger partial charge in [0.2, 0.25) is 0 Å². The van der Waals surface area contributed by atoms with Gasteiger partial charge < -0.3 is 4.90 Å². The number of aryl methyl sites for hydroxylation is 1. The van der Waals surface area contributed by atoms with Gasteiger partial charge in [-0.25, -0.2) is 4.98 Å². The van der Waals surface area contributed by atoms with Gasteiger partial charge in [-0.2, -0.15) is 0 Å². The number of benzene rings is 4. The first kappa shape index (κ1) is 26.7. The molecule has 204 valence electrons. The van der Waals surface area contributed by atoms with Crippen LogP contribution in [0.15, 0.2) is 113 Å². The first-order chi connectivity index (χ1) is 20.1. The molecule has 0 saturated heterocycles. The van der Waals surface area contributed by atoms with Crippen LogP contribution in [-0.2, 0) is 25.9 Å². The van der Waals surface area contributed by atoms with Crippen molar-refractivity contribution >= 4 is 34.4 Å². The number of hydrogen-bond acceptors (Lipinski definition) is 5. The van der Waals surface area contributed by atoms with Crippen LogP contribution in [0.1, 0.15) is 37.4 Å². The van der Waals surface area contributed by atoms with E-state index in [4.69, 9.17) is 4.98 Å². The molecule has 0 atom stereocenters. The van der Waals surface area contributed by atoms with Crippen LogP contribution >= 0.6 is 11.8 Å². The van der Waals surface area contributed by atoms with Gasteiger partial charge in [-0.15, -0.1) is 0 Å². The Balaban J connectivity index is 1.31. The lowest BCUT2D eigenvalue weighted by atomic mass is 9.99. The molecule has 0 bridgehead atoms. The molecule has 7 heteroatoms. The topological polar surface area (TPSA) is 72.3 Å². The largest absolute Gasteiger partial charge is 0.334 e. The predicted octanol–water partition coefficient (Wildman–Crippen LogP) is 5.81. The van der Waals surface area contributed by atoms with Gasteiger partial charge in [-0.1, -0.05) is 96.7 Å². The maximum atomic E-state index is 13.7. The highest BCUT2D eigenvalue weighted by atomic mass is 32.2. The van der Waals surface area contributed by atoms with E-state index in [9.17, 15) is 14.4 Å². The second-order valence-corrected chi connectivity index (χ2v) is 11.1. The molecule has 1 aliphatic rings. The van der Waals surface area contributed by atoms with Crippen LogP contribution < -0.4 is 5.56 Å². The minimum absolute atomic E-state index is 0.0335. The average molecular weight is 560 g/mol. The number of hydrogen-bond donors (Lipinski definition) is 0. The minimum Gasteiger partial charge on any atom is -0.334 e. The molecule has 1 amide bonds. The summed E-state index contributed by atoms with van der Waals surface area (Å²) in [5, 5.41) is 0.927. The molecule has 1 aliphatic heterocycles. The zero-order valence-electron chi connectivity index (χ0n) is 22.5. The lowest BCUT2D eigenvalue weighted by Gasteiger charge is -2.29. The second-order valence-electron chi connectivity index (χ2n) is 10.1. The Bertz CT molecular complexity index is 1780. The number of ketones is 1. The first-order valence-corrected chi connectivity index (χ1v) is 14.7. The van der Waals surface area contributed by atoms with Crippen LogP contribution in [0.2, 0.25) is 0 Å². The summed E-state index contributed by atoms with van der Waals surface area (Å²) in [5.41, 5.74) is 4.96. The number of amides is 1.